The molecule has 4 rings (SSSR count). The molecule has 0 radical (unpaired) electrons. The van der Waals surface area contributed by atoms with Crippen LogP contribution in [0.3, 0.4) is 0 Å². The minimum absolute atomic E-state index is 0.886. The van der Waals surface area contributed by atoms with E-state index >= 15 is 0 Å². The van der Waals surface area contributed by atoms with E-state index in [1.54, 1.807) is 0 Å². The van der Waals surface area contributed by atoms with Crippen LogP contribution in [-0.4, -0.2) is 50.7 Å². The normalized spacial score (nSPS) is 23.3. The van der Waals surface area contributed by atoms with Crippen LogP contribution in [0, 0.1) is 11.8 Å². The summed E-state index contributed by atoms with van der Waals surface area (Å²) in [6.07, 6.45) is 12.1. The Morgan fingerprint density at radius 1 is 0.960 bits per heavy atom. The summed E-state index contributed by atoms with van der Waals surface area (Å²) in [7, 11) is 2.00. The third-order valence-corrected chi connectivity index (χ3v) is 5.90. The molecular formula is C20H29N5. The fraction of sp³-hybridized carbons (Fsp3) is 0.600. The molecular weight excluding hydrogens is 310 g/mol. The van der Waals surface area contributed by atoms with Crippen molar-refractivity contribution in [1.29, 1.82) is 0 Å². The lowest BCUT2D eigenvalue weighted by Crippen LogP contribution is -2.36. The molecule has 0 bridgehead atoms. The van der Waals surface area contributed by atoms with Crippen molar-refractivity contribution >= 4 is 0 Å². The Bertz CT molecular complexity index is 660. The van der Waals surface area contributed by atoms with Gasteiger partial charge in [-0.2, -0.15) is 5.10 Å². The van der Waals surface area contributed by atoms with Crippen molar-refractivity contribution in [1.82, 2.24) is 24.6 Å². The molecule has 0 amide bonds. The number of hydrogen-bond donors (Lipinski definition) is 0. The largest absolute Gasteiger partial charge is 0.299 e. The van der Waals surface area contributed by atoms with Gasteiger partial charge in [0.2, 0.25) is 0 Å². The number of piperidine rings is 1. The highest BCUT2D eigenvalue weighted by atomic mass is 15.2. The Hall–Kier alpha value is -1.72. The summed E-state index contributed by atoms with van der Waals surface area (Å²) in [5, 5.41) is 4.29. The molecule has 2 aromatic heterocycles. The third kappa shape index (κ3) is 4.28. The fourth-order valence-electron chi connectivity index (χ4n) is 4.54. The van der Waals surface area contributed by atoms with E-state index in [0.717, 1.165) is 24.9 Å². The van der Waals surface area contributed by atoms with Crippen LogP contribution >= 0.6 is 0 Å². The number of nitrogens with zero attached hydrogens (tertiary/aromatic N) is 5. The minimum Gasteiger partial charge on any atom is -0.299 e. The average Bonchev–Trinajstić information content (AvgIpc) is 3.26. The van der Waals surface area contributed by atoms with Gasteiger partial charge in [0.05, 0.1) is 6.20 Å². The zero-order valence-electron chi connectivity index (χ0n) is 15.2. The summed E-state index contributed by atoms with van der Waals surface area (Å²) < 4.78 is 1.90. The first kappa shape index (κ1) is 16.7. The van der Waals surface area contributed by atoms with Crippen molar-refractivity contribution in [3.8, 4) is 0 Å². The molecule has 5 nitrogen and oxygen atoms in total. The van der Waals surface area contributed by atoms with E-state index in [0.29, 0.717) is 0 Å². The van der Waals surface area contributed by atoms with Gasteiger partial charge in [-0.1, -0.05) is 6.07 Å². The van der Waals surface area contributed by atoms with E-state index in [1.807, 2.05) is 36.4 Å². The number of aromatic nitrogens is 3. The van der Waals surface area contributed by atoms with Gasteiger partial charge in [-0.05, 0) is 62.4 Å². The summed E-state index contributed by atoms with van der Waals surface area (Å²) in [6, 6.07) is 4.23. The van der Waals surface area contributed by atoms with Crippen LogP contribution in [0.1, 0.15) is 30.4 Å². The van der Waals surface area contributed by atoms with E-state index in [9.17, 15) is 0 Å². The third-order valence-electron chi connectivity index (χ3n) is 5.90. The zero-order chi connectivity index (χ0) is 17.1. The van der Waals surface area contributed by atoms with Crippen molar-refractivity contribution in [3.63, 3.8) is 0 Å². The van der Waals surface area contributed by atoms with E-state index < -0.39 is 0 Å². The maximum atomic E-state index is 4.29. The van der Waals surface area contributed by atoms with Gasteiger partial charge in [-0.25, -0.2) is 0 Å². The van der Waals surface area contributed by atoms with Crippen molar-refractivity contribution in [2.75, 3.05) is 26.2 Å². The van der Waals surface area contributed by atoms with Crippen LogP contribution in [-0.2, 0) is 20.1 Å². The number of hydrogen-bond acceptors (Lipinski definition) is 4. The van der Waals surface area contributed by atoms with Crippen LogP contribution in [0.5, 0.6) is 0 Å². The van der Waals surface area contributed by atoms with E-state index in [4.69, 9.17) is 0 Å². The standard InChI is InChI=1S/C20H29N5/c1-23-13-18(12-22-23)15-25-10-6-20(16-25)19-4-8-24(9-5-19)14-17-3-2-7-21-11-17/h2-3,7,11-13,19-20H,4-6,8-10,14-16H2,1H3. The molecule has 2 saturated heterocycles. The van der Waals surface area contributed by atoms with Crippen LogP contribution in [0.4, 0.5) is 0 Å². The lowest BCUT2D eigenvalue weighted by molar-refractivity contribution is 0.141. The van der Waals surface area contributed by atoms with Gasteiger partial charge in [0, 0.05) is 50.8 Å². The average molecular weight is 339 g/mol. The SMILES string of the molecule is Cn1cc(CN2CCC(C3CCN(Cc4cccnc4)CC3)C2)cn1. The Balaban J connectivity index is 1.23. The summed E-state index contributed by atoms with van der Waals surface area (Å²) in [5.41, 5.74) is 2.68. The van der Waals surface area contributed by atoms with Crippen molar-refractivity contribution in [3.05, 3.63) is 48.0 Å². The molecule has 0 saturated carbocycles. The van der Waals surface area contributed by atoms with Crippen LogP contribution < -0.4 is 0 Å². The molecule has 25 heavy (non-hydrogen) atoms. The Morgan fingerprint density at radius 2 is 1.72 bits per heavy atom. The number of likely N-dealkylation sites (tertiary alicyclic amines) is 2. The van der Waals surface area contributed by atoms with Gasteiger partial charge in [-0.15, -0.1) is 0 Å². The lowest BCUT2D eigenvalue weighted by Gasteiger charge is -2.34. The van der Waals surface area contributed by atoms with Gasteiger partial charge in [-0.3, -0.25) is 19.5 Å². The predicted octanol–water partition coefficient (Wildman–Crippen LogP) is 2.55. The number of aryl methyl sites for hydroxylation is 1. The smallest absolute Gasteiger partial charge is 0.0534 e. The predicted molar refractivity (Wildman–Crippen MR) is 98.8 cm³/mol. The second kappa shape index (κ2) is 7.67. The van der Waals surface area contributed by atoms with Gasteiger partial charge in [0.15, 0.2) is 0 Å². The van der Waals surface area contributed by atoms with E-state index in [2.05, 4.69) is 32.1 Å². The monoisotopic (exact) mass is 339 g/mol. The van der Waals surface area contributed by atoms with E-state index in [1.165, 1.54) is 56.6 Å². The van der Waals surface area contributed by atoms with Crippen LogP contribution in [0.15, 0.2) is 36.9 Å². The van der Waals surface area contributed by atoms with Crippen molar-refractivity contribution < 1.29 is 0 Å². The molecule has 1 atom stereocenters. The molecule has 0 spiro atoms. The first-order valence-corrected chi connectivity index (χ1v) is 9.57. The molecule has 2 aliphatic rings. The molecule has 2 aliphatic heterocycles. The van der Waals surface area contributed by atoms with Gasteiger partial charge >= 0.3 is 0 Å². The molecule has 0 aliphatic carbocycles. The lowest BCUT2D eigenvalue weighted by atomic mass is 9.83. The highest BCUT2D eigenvalue weighted by Gasteiger charge is 2.31. The maximum Gasteiger partial charge on any atom is 0.0534 e. The Morgan fingerprint density at radius 3 is 2.44 bits per heavy atom. The van der Waals surface area contributed by atoms with Gasteiger partial charge < -0.3 is 0 Å². The highest BCUT2D eigenvalue weighted by Crippen LogP contribution is 2.32. The van der Waals surface area contributed by atoms with Crippen molar-refractivity contribution in [2.24, 2.45) is 18.9 Å². The zero-order valence-corrected chi connectivity index (χ0v) is 15.2. The molecule has 2 fully saturated rings. The number of pyridine rings is 1. The summed E-state index contributed by atoms with van der Waals surface area (Å²) in [6.45, 7) is 7.09. The molecule has 1 unspecified atom stereocenters. The van der Waals surface area contributed by atoms with Crippen molar-refractivity contribution in [2.45, 2.75) is 32.4 Å². The Labute approximate surface area is 150 Å². The second-order valence-electron chi connectivity index (χ2n) is 7.78. The van der Waals surface area contributed by atoms with Crippen LogP contribution in [0.2, 0.25) is 0 Å². The minimum atomic E-state index is 0.886. The first-order valence-electron chi connectivity index (χ1n) is 9.57. The van der Waals surface area contributed by atoms with Gasteiger partial charge in [0.1, 0.15) is 0 Å². The topological polar surface area (TPSA) is 37.2 Å². The Kier molecular flexibility index (Phi) is 5.13. The molecule has 0 N–H and O–H groups in total. The quantitative estimate of drug-likeness (QED) is 0.839. The molecule has 134 valence electrons. The summed E-state index contributed by atoms with van der Waals surface area (Å²) >= 11 is 0. The highest BCUT2D eigenvalue weighted by molar-refractivity contribution is 5.08. The summed E-state index contributed by atoms with van der Waals surface area (Å²) in [5.74, 6) is 1.79. The molecule has 2 aromatic rings. The van der Waals surface area contributed by atoms with Gasteiger partial charge in [0.25, 0.3) is 0 Å². The fourth-order valence-corrected chi connectivity index (χ4v) is 4.54. The molecule has 5 heteroatoms. The summed E-state index contributed by atoms with van der Waals surface area (Å²) in [4.78, 5) is 9.44. The maximum absolute atomic E-state index is 4.29. The van der Waals surface area contributed by atoms with E-state index in [-0.39, 0.29) is 0 Å². The first-order chi connectivity index (χ1) is 12.3. The number of rotatable bonds is 5. The van der Waals surface area contributed by atoms with Crippen LogP contribution in [0.25, 0.3) is 0 Å². The second-order valence-corrected chi connectivity index (χ2v) is 7.78. The molecule has 4 heterocycles. The molecule has 0 aromatic carbocycles.